The Labute approximate surface area is 123 Å². The van der Waals surface area contributed by atoms with Crippen LogP contribution in [0.15, 0.2) is 24.3 Å². The molecule has 0 amide bonds. The maximum Gasteiger partial charge on any atom is 0.119 e. The van der Waals surface area contributed by atoms with E-state index in [4.69, 9.17) is 4.74 Å². The van der Waals surface area contributed by atoms with Crippen molar-refractivity contribution in [3.8, 4) is 5.75 Å². The molecule has 3 nitrogen and oxygen atoms in total. The van der Waals surface area contributed by atoms with E-state index in [1.54, 1.807) is 0 Å². The molecule has 1 rings (SSSR count). The Morgan fingerprint density at radius 2 is 1.75 bits per heavy atom. The minimum Gasteiger partial charge on any atom is -0.491 e. The second kappa shape index (κ2) is 8.98. The molecule has 2 unspecified atom stereocenters. The number of aliphatic hydroxyl groups is 1. The van der Waals surface area contributed by atoms with Crippen molar-refractivity contribution in [2.75, 3.05) is 13.2 Å². The van der Waals surface area contributed by atoms with E-state index in [-0.39, 0.29) is 0 Å². The molecule has 3 heteroatoms. The topological polar surface area (TPSA) is 41.5 Å². The van der Waals surface area contributed by atoms with Crippen LogP contribution in [0.1, 0.15) is 39.2 Å². The first kappa shape index (κ1) is 17.0. The van der Waals surface area contributed by atoms with E-state index in [9.17, 15) is 5.11 Å². The van der Waals surface area contributed by atoms with E-state index < -0.39 is 6.10 Å². The van der Waals surface area contributed by atoms with Crippen LogP contribution in [0.3, 0.4) is 0 Å². The van der Waals surface area contributed by atoms with Crippen LogP contribution in [0.2, 0.25) is 0 Å². The summed E-state index contributed by atoms with van der Waals surface area (Å²) in [5.41, 5.74) is 1.21. The molecule has 1 aromatic carbocycles. The summed E-state index contributed by atoms with van der Waals surface area (Å²) < 4.78 is 5.56. The summed E-state index contributed by atoms with van der Waals surface area (Å²) in [7, 11) is 0. The van der Waals surface area contributed by atoms with Crippen LogP contribution in [-0.4, -0.2) is 30.4 Å². The van der Waals surface area contributed by atoms with Gasteiger partial charge in [-0.1, -0.05) is 31.5 Å². The van der Waals surface area contributed by atoms with Gasteiger partial charge in [0.25, 0.3) is 0 Å². The van der Waals surface area contributed by atoms with E-state index in [1.807, 2.05) is 31.2 Å². The molecule has 2 N–H and O–H groups in total. The predicted octanol–water partition coefficient (Wildman–Crippen LogP) is 3.15. The van der Waals surface area contributed by atoms with Crippen molar-refractivity contribution in [2.24, 2.45) is 5.92 Å². The molecule has 0 bridgehead atoms. The zero-order valence-electron chi connectivity index (χ0n) is 13.2. The number of benzene rings is 1. The van der Waals surface area contributed by atoms with Crippen LogP contribution in [0.5, 0.6) is 5.75 Å². The number of hydrogen-bond acceptors (Lipinski definition) is 3. The van der Waals surface area contributed by atoms with Crippen LogP contribution in [0.25, 0.3) is 0 Å². The lowest BCUT2D eigenvalue weighted by Crippen LogP contribution is -2.36. The summed E-state index contributed by atoms with van der Waals surface area (Å²) in [5, 5.41) is 13.3. The first-order chi connectivity index (χ1) is 9.47. The summed E-state index contributed by atoms with van der Waals surface area (Å²) in [5.74, 6) is 1.54. The number of hydrogen-bond donors (Lipinski definition) is 2. The number of rotatable bonds is 9. The fourth-order valence-corrected chi connectivity index (χ4v) is 1.91. The molecule has 0 saturated carbocycles. The Kier molecular flexibility index (Phi) is 7.63. The third-order valence-corrected chi connectivity index (χ3v) is 3.34. The van der Waals surface area contributed by atoms with Crippen molar-refractivity contribution in [1.29, 1.82) is 0 Å². The van der Waals surface area contributed by atoms with Gasteiger partial charge in [-0.25, -0.2) is 0 Å². The molecule has 0 aliphatic carbocycles. The first-order valence-electron chi connectivity index (χ1n) is 7.58. The Morgan fingerprint density at radius 1 is 1.10 bits per heavy atom. The maximum absolute atomic E-state index is 9.90. The number of ether oxygens (including phenoxy) is 1. The van der Waals surface area contributed by atoms with Crippen LogP contribution in [0, 0.1) is 12.8 Å². The average Bonchev–Trinajstić information content (AvgIpc) is 2.42. The average molecular weight is 279 g/mol. The molecule has 0 aliphatic rings. The number of nitrogens with one attached hydrogen (secondary N) is 1. The largest absolute Gasteiger partial charge is 0.491 e. The predicted molar refractivity (Wildman–Crippen MR) is 84.2 cm³/mol. The van der Waals surface area contributed by atoms with Gasteiger partial charge in [-0.3, -0.25) is 0 Å². The molecular formula is C17H29NO2. The fourth-order valence-electron chi connectivity index (χ4n) is 1.91. The summed E-state index contributed by atoms with van der Waals surface area (Å²) in [4.78, 5) is 0. The SMILES string of the molecule is Cc1ccc(OCC(O)CNC(C)CCC(C)C)cc1. The molecule has 20 heavy (non-hydrogen) atoms. The van der Waals surface area contributed by atoms with Gasteiger partial charge in [0, 0.05) is 12.6 Å². The summed E-state index contributed by atoms with van der Waals surface area (Å²) >= 11 is 0. The van der Waals surface area contributed by atoms with Gasteiger partial charge >= 0.3 is 0 Å². The molecule has 0 saturated heterocycles. The quantitative estimate of drug-likeness (QED) is 0.729. The summed E-state index contributed by atoms with van der Waals surface area (Å²) in [6.07, 6.45) is 1.88. The molecule has 0 spiro atoms. The minimum absolute atomic E-state index is 0.326. The number of aryl methyl sites for hydroxylation is 1. The van der Waals surface area contributed by atoms with Crippen molar-refractivity contribution in [3.05, 3.63) is 29.8 Å². The van der Waals surface area contributed by atoms with Gasteiger partial charge in [-0.15, -0.1) is 0 Å². The minimum atomic E-state index is -0.474. The maximum atomic E-state index is 9.90. The zero-order valence-corrected chi connectivity index (χ0v) is 13.2. The van der Waals surface area contributed by atoms with Gasteiger partial charge in [-0.2, -0.15) is 0 Å². The monoisotopic (exact) mass is 279 g/mol. The Bertz CT molecular complexity index is 362. The molecule has 1 aromatic rings. The Hall–Kier alpha value is -1.06. The van der Waals surface area contributed by atoms with Crippen molar-refractivity contribution in [3.63, 3.8) is 0 Å². The van der Waals surface area contributed by atoms with Gasteiger partial charge in [0.2, 0.25) is 0 Å². The highest BCUT2D eigenvalue weighted by atomic mass is 16.5. The normalized spacial score (nSPS) is 14.3. The van der Waals surface area contributed by atoms with Crippen molar-refractivity contribution < 1.29 is 9.84 Å². The smallest absolute Gasteiger partial charge is 0.119 e. The highest BCUT2D eigenvalue weighted by Crippen LogP contribution is 2.11. The lowest BCUT2D eigenvalue weighted by atomic mass is 10.0. The van der Waals surface area contributed by atoms with Crippen molar-refractivity contribution in [1.82, 2.24) is 5.32 Å². The lowest BCUT2D eigenvalue weighted by molar-refractivity contribution is 0.103. The Balaban J connectivity index is 2.16. The van der Waals surface area contributed by atoms with Crippen molar-refractivity contribution in [2.45, 2.75) is 52.7 Å². The van der Waals surface area contributed by atoms with Crippen LogP contribution in [0.4, 0.5) is 0 Å². The second-order valence-corrected chi connectivity index (χ2v) is 6.06. The fraction of sp³-hybridized carbons (Fsp3) is 0.647. The van der Waals surface area contributed by atoms with Gasteiger partial charge in [0.1, 0.15) is 18.5 Å². The molecule has 0 aromatic heterocycles. The van der Waals surface area contributed by atoms with Gasteiger partial charge in [0.15, 0.2) is 0 Å². The highest BCUT2D eigenvalue weighted by Gasteiger charge is 2.08. The van der Waals surface area contributed by atoms with E-state index in [0.29, 0.717) is 19.2 Å². The van der Waals surface area contributed by atoms with Gasteiger partial charge < -0.3 is 15.2 Å². The highest BCUT2D eigenvalue weighted by molar-refractivity contribution is 5.26. The van der Waals surface area contributed by atoms with Crippen LogP contribution in [-0.2, 0) is 0 Å². The van der Waals surface area contributed by atoms with Crippen molar-refractivity contribution >= 4 is 0 Å². The van der Waals surface area contributed by atoms with Crippen LogP contribution < -0.4 is 10.1 Å². The molecule has 0 fully saturated rings. The van der Waals surface area contributed by atoms with Gasteiger partial charge in [-0.05, 0) is 44.7 Å². The third kappa shape index (κ3) is 7.51. The van der Waals surface area contributed by atoms with Crippen LogP contribution >= 0.6 is 0 Å². The lowest BCUT2D eigenvalue weighted by Gasteiger charge is -2.18. The second-order valence-electron chi connectivity index (χ2n) is 6.06. The molecule has 0 radical (unpaired) electrons. The van der Waals surface area contributed by atoms with E-state index in [2.05, 4.69) is 26.1 Å². The molecular weight excluding hydrogens is 250 g/mol. The molecule has 2 atom stereocenters. The van der Waals surface area contributed by atoms with E-state index in [1.165, 1.54) is 12.0 Å². The van der Waals surface area contributed by atoms with E-state index in [0.717, 1.165) is 18.1 Å². The van der Waals surface area contributed by atoms with Gasteiger partial charge in [0.05, 0.1) is 0 Å². The molecule has 0 heterocycles. The summed E-state index contributed by atoms with van der Waals surface area (Å²) in [6.45, 7) is 9.57. The summed E-state index contributed by atoms with van der Waals surface area (Å²) in [6, 6.07) is 8.31. The Morgan fingerprint density at radius 3 is 2.35 bits per heavy atom. The molecule has 0 aliphatic heterocycles. The number of aliphatic hydroxyl groups excluding tert-OH is 1. The zero-order chi connectivity index (χ0) is 15.0. The standard InChI is InChI=1S/C17H29NO2/c1-13(2)5-8-15(4)18-11-16(19)12-20-17-9-6-14(3)7-10-17/h6-7,9-10,13,15-16,18-19H,5,8,11-12H2,1-4H3. The third-order valence-electron chi connectivity index (χ3n) is 3.34. The first-order valence-corrected chi connectivity index (χ1v) is 7.58. The molecule has 114 valence electrons. The van der Waals surface area contributed by atoms with E-state index >= 15 is 0 Å².